The summed E-state index contributed by atoms with van der Waals surface area (Å²) in [5.41, 5.74) is 4.54. The van der Waals surface area contributed by atoms with Gasteiger partial charge in [0, 0.05) is 49.9 Å². The minimum Gasteiger partial charge on any atom is -0.383 e. The molecule has 2 amide bonds. The highest BCUT2D eigenvalue weighted by molar-refractivity contribution is 6.01. The maximum absolute atomic E-state index is 13.5. The fourth-order valence-electron chi connectivity index (χ4n) is 4.78. The lowest BCUT2D eigenvalue weighted by Gasteiger charge is -2.32. The molecule has 1 fully saturated rings. The Bertz CT molecular complexity index is 1010. The molecule has 0 saturated carbocycles. The highest BCUT2D eigenvalue weighted by Crippen LogP contribution is 2.32. The summed E-state index contributed by atoms with van der Waals surface area (Å²) in [4.78, 5) is 32.9. The van der Waals surface area contributed by atoms with Crippen molar-refractivity contribution in [2.24, 2.45) is 0 Å². The van der Waals surface area contributed by atoms with Crippen LogP contribution in [0.25, 0.3) is 0 Å². The number of rotatable bonds is 7. The maximum Gasteiger partial charge on any atom is 0.253 e. The van der Waals surface area contributed by atoms with Gasteiger partial charge in [-0.15, -0.1) is 0 Å². The third-order valence-corrected chi connectivity index (χ3v) is 6.59. The van der Waals surface area contributed by atoms with Crippen LogP contribution in [0, 0.1) is 19.7 Å². The molecule has 2 aromatic rings. The van der Waals surface area contributed by atoms with Gasteiger partial charge in [0.05, 0.1) is 25.1 Å². The third kappa shape index (κ3) is 4.56. The topological polar surface area (TPSA) is 77.7 Å². The predicted molar refractivity (Wildman–Crippen MR) is 120 cm³/mol. The first-order valence-electron chi connectivity index (χ1n) is 11.2. The van der Waals surface area contributed by atoms with Crippen LogP contribution in [0.15, 0.2) is 18.2 Å². The van der Waals surface area contributed by atoms with Gasteiger partial charge in [-0.2, -0.15) is 0 Å². The number of fused-ring (bicyclic) bond motifs is 1. The quantitative estimate of drug-likeness (QED) is 0.691. The van der Waals surface area contributed by atoms with Gasteiger partial charge in [-0.25, -0.2) is 4.39 Å². The van der Waals surface area contributed by atoms with Gasteiger partial charge in [-0.1, -0.05) is 0 Å². The number of H-pyrrole nitrogens is 1. The summed E-state index contributed by atoms with van der Waals surface area (Å²) >= 11 is 0. The second-order valence-corrected chi connectivity index (χ2v) is 8.74. The van der Waals surface area contributed by atoms with Crippen molar-refractivity contribution in [1.82, 2.24) is 15.2 Å². The van der Waals surface area contributed by atoms with E-state index in [2.05, 4.69) is 15.2 Å². The molecule has 0 spiro atoms. The molecule has 1 aromatic carbocycles. The van der Waals surface area contributed by atoms with E-state index in [1.165, 1.54) is 12.1 Å². The van der Waals surface area contributed by atoms with Crippen LogP contribution in [0.3, 0.4) is 0 Å². The number of methoxy groups -OCH3 is 1. The van der Waals surface area contributed by atoms with E-state index in [-0.39, 0.29) is 30.1 Å². The Kier molecular flexibility index (Phi) is 6.62. The van der Waals surface area contributed by atoms with Crippen LogP contribution in [-0.2, 0) is 22.5 Å². The SMILES string of the molecule is COCCN1CCC(NC(=O)c2c(C)[nH]c(CN3C(=O)Cc4cc(F)ccc43)c2C)CC1. The molecule has 0 radical (unpaired) electrons. The molecular formula is C24H31FN4O3. The molecular weight excluding hydrogens is 411 g/mol. The summed E-state index contributed by atoms with van der Waals surface area (Å²) in [7, 11) is 1.71. The third-order valence-electron chi connectivity index (χ3n) is 6.59. The number of ether oxygens (including phenoxy) is 1. The van der Waals surface area contributed by atoms with Crippen molar-refractivity contribution in [2.45, 2.75) is 45.7 Å². The molecule has 32 heavy (non-hydrogen) atoms. The lowest BCUT2D eigenvalue weighted by molar-refractivity contribution is -0.117. The molecule has 1 saturated heterocycles. The zero-order chi connectivity index (χ0) is 22.8. The normalized spacial score (nSPS) is 17.1. The monoisotopic (exact) mass is 442 g/mol. The van der Waals surface area contributed by atoms with E-state index in [1.54, 1.807) is 18.1 Å². The molecule has 0 unspecified atom stereocenters. The number of carbonyl (C=O) groups excluding carboxylic acids is 2. The number of carbonyl (C=O) groups is 2. The molecule has 7 nitrogen and oxygen atoms in total. The molecule has 3 heterocycles. The van der Waals surface area contributed by atoms with E-state index in [1.807, 2.05) is 13.8 Å². The molecule has 0 atom stereocenters. The molecule has 2 N–H and O–H groups in total. The van der Waals surface area contributed by atoms with E-state index in [0.29, 0.717) is 17.7 Å². The number of likely N-dealkylation sites (tertiary alicyclic amines) is 1. The lowest BCUT2D eigenvalue weighted by Crippen LogP contribution is -2.45. The van der Waals surface area contributed by atoms with E-state index < -0.39 is 0 Å². The van der Waals surface area contributed by atoms with Crippen LogP contribution in [-0.4, -0.2) is 61.1 Å². The van der Waals surface area contributed by atoms with Crippen molar-refractivity contribution in [2.75, 3.05) is 38.3 Å². The number of anilines is 1. The van der Waals surface area contributed by atoms with E-state index in [0.717, 1.165) is 61.7 Å². The first kappa shape index (κ1) is 22.5. The van der Waals surface area contributed by atoms with Crippen molar-refractivity contribution >= 4 is 17.5 Å². The highest BCUT2D eigenvalue weighted by atomic mass is 19.1. The number of benzene rings is 1. The average Bonchev–Trinajstić information content (AvgIpc) is 3.22. The molecule has 2 aliphatic heterocycles. The number of hydrogen-bond donors (Lipinski definition) is 2. The van der Waals surface area contributed by atoms with Crippen molar-refractivity contribution in [3.05, 3.63) is 52.1 Å². The highest BCUT2D eigenvalue weighted by Gasteiger charge is 2.30. The van der Waals surface area contributed by atoms with E-state index in [9.17, 15) is 14.0 Å². The fraction of sp³-hybridized carbons (Fsp3) is 0.500. The summed E-state index contributed by atoms with van der Waals surface area (Å²) in [5, 5.41) is 3.19. The summed E-state index contributed by atoms with van der Waals surface area (Å²) in [6.07, 6.45) is 2.03. The minimum absolute atomic E-state index is 0.0662. The van der Waals surface area contributed by atoms with Gasteiger partial charge in [0.25, 0.3) is 5.91 Å². The molecule has 1 aromatic heterocycles. The van der Waals surface area contributed by atoms with Gasteiger partial charge in [0.15, 0.2) is 0 Å². The van der Waals surface area contributed by atoms with Crippen molar-refractivity contribution < 1.29 is 18.7 Å². The second kappa shape index (κ2) is 9.42. The molecule has 172 valence electrons. The number of amides is 2. The minimum atomic E-state index is -0.339. The van der Waals surface area contributed by atoms with Crippen LogP contribution in [0.1, 0.15) is 45.7 Å². The average molecular weight is 443 g/mol. The number of aromatic nitrogens is 1. The van der Waals surface area contributed by atoms with Crippen LogP contribution in [0.5, 0.6) is 0 Å². The van der Waals surface area contributed by atoms with Gasteiger partial charge in [0.2, 0.25) is 5.91 Å². The number of halogens is 1. The lowest BCUT2D eigenvalue weighted by atomic mass is 10.0. The molecule has 2 aliphatic rings. The van der Waals surface area contributed by atoms with Gasteiger partial charge >= 0.3 is 0 Å². The van der Waals surface area contributed by atoms with E-state index in [4.69, 9.17) is 4.74 Å². The van der Waals surface area contributed by atoms with Crippen LogP contribution < -0.4 is 10.2 Å². The fourth-order valence-corrected chi connectivity index (χ4v) is 4.78. The number of hydrogen-bond acceptors (Lipinski definition) is 4. The molecule has 0 bridgehead atoms. The Morgan fingerprint density at radius 2 is 2.03 bits per heavy atom. The number of aromatic amines is 1. The molecule has 0 aliphatic carbocycles. The Morgan fingerprint density at radius 3 is 2.75 bits per heavy atom. The van der Waals surface area contributed by atoms with Gasteiger partial charge in [-0.05, 0) is 56.0 Å². The van der Waals surface area contributed by atoms with Crippen molar-refractivity contribution in [3.63, 3.8) is 0 Å². The van der Waals surface area contributed by atoms with Crippen LogP contribution in [0.4, 0.5) is 10.1 Å². The number of nitrogens with zero attached hydrogens (tertiary/aromatic N) is 2. The Morgan fingerprint density at radius 1 is 1.28 bits per heavy atom. The molecule has 4 rings (SSSR count). The smallest absolute Gasteiger partial charge is 0.253 e. The van der Waals surface area contributed by atoms with Crippen LogP contribution in [0.2, 0.25) is 0 Å². The summed E-state index contributed by atoms with van der Waals surface area (Å²) in [6.45, 7) is 7.65. The van der Waals surface area contributed by atoms with Gasteiger partial charge in [-0.3, -0.25) is 9.59 Å². The first-order valence-corrected chi connectivity index (χ1v) is 11.2. The Balaban J connectivity index is 1.42. The zero-order valence-corrected chi connectivity index (χ0v) is 19.0. The number of piperidine rings is 1. The van der Waals surface area contributed by atoms with Crippen LogP contribution >= 0.6 is 0 Å². The predicted octanol–water partition coefficient (Wildman–Crippen LogP) is 2.70. The first-order chi connectivity index (χ1) is 15.4. The second-order valence-electron chi connectivity index (χ2n) is 8.74. The Labute approximate surface area is 187 Å². The summed E-state index contributed by atoms with van der Waals surface area (Å²) in [5.74, 6) is -0.481. The van der Waals surface area contributed by atoms with Crippen molar-refractivity contribution in [3.8, 4) is 0 Å². The standard InChI is InChI=1S/C24H31FN4O3/c1-15-20(14-29-21-5-4-18(25)12-17(21)13-22(29)30)26-16(2)23(15)24(31)27-19-6-8-28(9-7-19)10-11-32-3/h4-5,12,19,26H,6-11,13-14H2,1-3H3,(H,27,31). The van der Waals surface area contributed by atoms with Crippen molar-refractivity contribution in [1.29, 1.82) is 0 Å². The number of aryl methyl sites for hydroxylation is 1. The zero-order valence-electron chi connectivity index (χ0n) is 19.0. The number of nitrogens with one attached hydrogen (secondary N) is 2. The summed E-state index contributed by atoms with van der Waals surface area (Å²) < 4.78 is 18.7. The molecule has 8 heteroatoms. The van der Waals surface area contributed by atoms with E-state index >= 15 is 0 Å². The van der Waals surface area contributed by atoms with Gasteiger partial charge < -0.3 is 24.8 Å². The summed E-state index contributed by atoms with van der Waals surface area (Å²) in [6, 6.07) is 4.59. The maximum atomic E-state index is 13.5. The van der Waals surface area contributed by atoms with Gasteiger partial charge in [0.1, 0.15) is 5.82 Å². The largest absolute Gasteiger partial charge is 0.383 e. The Hall–Kier alpha value is -2.71.